The second kappa shape index (κ2) is 4.59. The van der Waals surface area contributed by atoms with E-state index in [1.165, 1.54) is 0 Å². The van der Waals surface area contributed by atoms with E-state index in [-0.39, 0.29) is 6.42 Å². The number of benzene rings is 1. The molecular formula is C9H12N2O2. The zero-order valence-corrected chi connectivity index (χ0v) is 7.19. The van der Waals surface area contributed by atoms with Gasteiger partial charge < -0.3 is 10.6 Å². The van der Waals surface area contributed by atoms with E-state index in [0.29, 0.717) is 6.54 Å². The molecular weight excluding hydrogens is 168 g/mol. The highest BCUT2D eigenvalue weighted by Crippen LogP contribution is 2.04. The summed E-state index contributed by atoms with van der Waals surface area (Å²) in [5.41, 5.74) is 7.32. The summed E-state index contributed by atoms with van der Waals surface area (Å²) in [6.45, 7) is 0.502. The summed E-state index contributed by atoms with van der Waals surface area (Å²) in [7, 11) is 0. The van der Waals surface area contributed by atoms with E-state index >= 15 is 0 Å². The van der Waals surface area contributed by atoms with Gasteiger partial charge in [-0.1, -0.05) is 24.3 Å². The Morgan fingerprint density at radius 1 is 1.23 bits per heavy atom. The molecule has 0 saturated carbocycles. The van der Waals surface area contributed by atoms with E-state index in [2.05, 4.69) is 4.84 Å². The summed E-state index contributed by atoms with van der Waals surface area (Å²) in [5, 5.41) is 0. The maximum absolute atomic E-state index is 10.8. The average Bonchev–Trinajstić information content (AvgIpc) is 2.19. The first-order valence-corrected chi connectivity index (χ1v) is 3.93. The van der Waals surface area contributed by atoms with Gasteiger partial charge in [0.1, 0.15) is 0 Å². The quantitative estimate of drug-likeness (QED) is 0.647. The lowest BCUT2D eigenvalue weighted by Crippen LogP contribution is -2.12. The molecule has 13 heavy (non-hydrogen) atoms. The van der Waals surface area contributed by atoms with Crippen LogP contribution in [0.15, 0.2) is 24.3 Å². The van der Waals surface area contributed by atoms with Gasteiger partial charge in [0, 0.05) is 6.54 Å². The predicted molar refractivity (Wildman–Crippen MR) is 48.3 cm³/mol. The molecule has 0 aliphatic rings. The number of rotatable bonds is 3. The minimum atomic E-state index is -0.444. The molecule has 70 valence electrons. The third-order valence-corrected chi connectivity index (χ3v) is 1.74. The molecule has 0 aromatic heterocycles. The fourth-order valence-electron chi connectivity index (χ4n) is 1.00. The van der Waals surface area contributed by atoms with Crippen molar-refractivity contribution in [3.05, 3.63) is 35.4 Å². The minimum absolute atomic E-state index is 0.196. The highest BCUT2D eigenvalue weighted by molar-refractivity contribution is 5.72. The number of carbonyl (C=O) groups excluding carboxylic acids is 1. The maximum Gasteiger partial charge on any atom is 0.328 e. The van der Waals surface area contributed by atoms with Crippen LogP contribution in [-0.2, 0) is 22.6 Å². The summed E-state index contributed by atoms with van der Waals surface area (Å²) >= 11 is 0. The van der Waals surface area contributed by atoms with Crippen LogP contribution >= 0.6 is 0 Å². The molecule has 4 heteroatoms. The Morgan fingerprint density at radius 3 is 2.23 bits per heavy atom. The van der Waals surface area contributed by atoms with Crippen molar-refractivity contribution in [2.75, 3.05) is 0 Å². The highest BCUT2D eigenvalue weighted by Gasteiger charge is 2.02. The van der Waals surface area contributed by atoms with Crippen LogP contribution < -0.4 is 11.6 Å². The summed E-state index contributed by atoms with van der Waals surface area (Å²) in [6, 6.07) is 7.41. The molecule has 0 aliphatic carbocycles. The Hall–Kier alpha value is -1.39. The van der Waals surface area contributed by atoms with Crippen molar-refractivity contribution in [1.82, 2.24) is 0 Å². The molecule has 1 rings (SSSR count). The molecule has 0 fully saturated rings. The van der Waals surface area contributed by atoms with Crippen molar-refractivity contribution in [2.45, 2.75) is 13.0 Å². The summed E-state index contributed by atoms with van der Waals surface area (Å²) in [5.74, 6) is 4.26. The normalized spacial score (nSPS) is 9.69. The molecule has 0 saturated heterocycles. The largest absolute Gasteiger partial charge is 0.373 e. The summed E-state index contributed by atoms with van der Waals surface area (Å²) in [6.07, 6.45) is 0.196. The number of hydrogen-bond donors (Lipinski definition) is 2. The average molecular weight is 180 g/mol. The van der Waals surface area contributed by atoms with E-state index in [9.17, 15) is 4.79 Å². The van der Waals surface area contributed by atoms with Crippen molar-refractivity contribution in [1.29, 1.82) is 0 Å². The van der Waals surface area contributed by atoms with Gasteiger partial charge in [-0.25, -0.2) is 0 Å². The Bertz CT molecular complexity index is 282. The van der Waals surface area contributed by atoms with E-state index in [1.807, 2.05) is 24.3 Å². The van der Waals surface area contributed by atoms with E-state index in [0.717, 1.165) is 11.1 Å². The SMILES string of the molecule is NCc1ccc(CC(=O)ON)cc1. The Morgan fingerprint density at radius 2 is 1.77 bits per heavy atom. The third kappa shape index (κ3) is 2.85. The topological polar surface area (TPSA) is 78.3 Å². The first-order chi connectivity index (χ1) is 6.26. The molecule has 0 atom stereocenters. The second-order valence-electron chi connectivity index (χ2n) is 2.69. The lowest BCUT2D eigenvalue weighted by molar-refractivity contribution is -0.143. The molecule has 0 unspecified atom stereocenters. The molecule has 4 nitrogen and oxygen atoms in total. The maximum atomic E-state index is 10.8. The van der Waals surface area contributed by atoms with Crippen LogP contribution in [0.25, 0.3) is 0 Å². The van der Waals surface area contributed by atoms with Crippen molar-refractivity contribution in [3.8, 4) is 0 Å². The van der Waals surface area contributed by atoms with Gasteiger partial charge in [-0.05, 0) is 11.1 Å². The molecule has 1 aromatic rings. The van der Waals surface area contributed by atoms with Gasteiger partial charge in [0.25, 0.3) is 0 Å². The van der Waals surface area contributed by atoms with Gasteiger partial charge in [0.05, 0.1) is 6.42 Å². The van der Waals surface area contributed by atoms with E-state index in [1.54, 1.807) is 0 Å². The molecule has 0 spiro atoms. The van der Waals surface area contributed by atoms with Gasteiger partial charge in [0.2, 0.25) is 0 Å². The van der Waals surface area contributed by atoms with Gasteiger partial charge in [0.15, 0.2) is 0 Å². The second-order valence-corrected chi connectivity index (χ2v) is 2.69. The Kier molecular flexibility index (Phi) is 3.42. The molecule has 1 aromatic carbocycles. The van der Waals surface area contributed by atoms with Crippen LogP contribution in [0.5, 0.6) is 0 Å². The van der Waals surface area contributed by atoms with Crippen molar-refractivity contribution in [3.63, 3.8) is 0 Å². The fourth-order valence-corrected chi connectivity index (χ4v) is 1.00. The molecule has 0 amide bonds. The third-order valence-electron chi connectivity index (χ3n) is 1.74. The van der Waals surface area contributed by atoms with Gasteiger partial charge in [-0.3, -0.25) is 4.79 Å². The predicted octanol–water partition coefficient (Wildman–Crippen LogP) is 0.105. The van der Waals surface area contributed by atoms with Gasteiger partial charge in [-0.2, -0.15) is 5.90 Å². The number of hydrogen-bond acceptors (Lipinski definition) is 4. The van der Waals surface area contributed by atoms with Gasteiger partial charge >= 0.3 is 5.97 Å². The zero-order chi connectivity index (χ0) is 9.68. The lowest BCUT2D eigenvalue weighted by atomic mass is 10.1. The number of carbonyl (C=O) groups is 1. The van der Waals surface area contributed by atoms with Crippen molar-refractivity contribution in [2.24, 2.45) is 11.6 Å². The van der Waals surface area contributed by atoms with Crippen LogP contribution in [-0.4, -0.2) is 5.97 Å². The standard InChI is InChI=1S/C9H12N2O2/c10-6-8-3-1-7(2-4-8)5-9(12)13-11/h1-4H,5-6,10-11H2. The Balaban J connectivity index is 2.64. The minimum Gasteiger partial charge on any atom is -0.373 e. The van der Waals surface area contributed by atoms with Crippen LogP contribution in [0.1, 0.15) is 11.1 Å². The molecule has 0 radical (unpaired) electrons. The highest BCUT2D eigenvalue weighted by atomic mass is 16.7. The number of nitrogens with two attached hydrogens (primary N) is 2. The van der Waals surface area contributed by atoms with Crippen LogP contribution in [0.4, 0.5) is 0 Å². The lowest BCUT2D eigenvalue weighted by Gasteiger charge is -2.00. The molecule has 4 N–H and O–H groups in total. The first-order valence-electron chi connectivity index (χ1n) is 3.93. The van der Waals surface area contributed by atoms with Crippen LogP contribution in [0.2, 0.25) is 0 Å². The fraction of sp³-hybridized carbons (Fsp3) is 0.222. The van der Waals surface area contributed by atoms with Crippen molar-refractivity contribution >= 4 is 5.97 Å². The smallest absolute Gasteiger partial charge is 0.328 e. The van der Waals surface area contributed by atoms with Crippen LogP contribution in [0.3, 0.4) is 0 Å². The molecule has 0 aliphatic heterocycles. The summed E-state index contributed by atoms with van der Waals surface area (Å²) < 4.78 is 0. The van der Waals surface area contributed by atoms with Gasteiger partial charge in [-0.15, -0.1) is 0 Å². The Labute approximate surface area is 76.4 Å². The van der Waals surface area contributed by atoms with E-state index < -0.39 is 5.97 Å². The summed E-state index contributed by atoms with van der Waals surface area (Å²) in [4.78, 5) is 14.8. The van der Waals surface area contributed by atoms with Crippen LogP contribution in [0, 0.1) is 0 Å². The van der Waals surface area contributed by atoms with Crippen molar-refractivity contribution < 1.29 is 9.63 Å². The molecule has 0 heterocycles. The zero-order valence-electron chi connectivity index (χ0n) is 7.19. The molecule has 0 bridgehead atoms. The monoisotopic (exact) mass is 180 g/mol. The first kappa shape index (κ1) is 9.70. The van der Waals surface area contributed by atoms with E-state index in [4.69, 9.17) is 11.6 Å².